The third-order valence-electron chi connectivity index (χ3n) is 3.04. The van der Waals surface area contributed by atoms with E-state index in [1.165, 1.54) is 0 Å². The second kappa shape index (κ2) is 5.85. The number of rotatable bonds is 4. The molecule has 2 rings (SSSR count). The van der Waals surface area contributed by atoms with Crippen LogP contribution < -0.4 is 10.5 Å². The maximum Gasteiger partial charge on any atom is 0.148 e. The van der Waals surface area contributed by atoms with E-state index in [-0.39, 0.29) is 6.04 Å². The average Bonchev–Trinajstić information content (AvgIpc) is 2.41. The highest BCUT2D eigenvalue weighted by Crippen LogP contribution is 2.25. The lowest BCUT2D eigenvalue weighted by Crippen LogP contribution is -2.04. The van der Waals surface area contributed by atoms with Gasteiger partial charge in [0.15, 0.2) is 0 Å². The van der Waals surface area contributed by atoms with Crippen LogP contribution in [-0.4, -0.2) is 4.98 Å². The Kier molecular flexibility index (Phi) is 4.17. The molecule has 1 aromatic heterocycles. The molecule has 3 nitrogen and oxygen atoms in total. The number of nitrogens with two attached hydrogens (primary N) is 1. The normalized spacial score (nSPS) is 12.2. The lowest BCUT2D eigenvalue weighted by atomic mass is 10.1. The Hall–Kier alpha value is -1.87. The number of hydrogen-bond donors (Lipinski definition) is 1. The number of aryl methyl sites for hydroxylation is 2. The van der Waals surface area contributed by atoms with Crippen molar-refractivity contribution in [1.82, 2.24) is 4.98 Å². The molecular weight excluding hydrogens is 236 g/mol. The minimum atomic E-state index is 0.0429. The molecule has 0 aliphatic heterocycles. The molecule has 0 fully saturated rings. The molecule has 1 unspecified atom stereocenters. The van der Waals surface area contributed by atoms with Crippen molar-refractivity contribution in [3.05, 3.63) is 53.3 Å². The van der Waals surface area contributed by atoms with Crippen LogP contribution in [0, 0.1) is 6.92 Å². The predicted molar refractivity (Wildman–Crippen MR) is 77.5 cm³/mol. The molecule has 0 aliphatic rings. The van der Waals surface area contributed by atoms with Crippen LogP contribution in [0.3, 0.4) is 0 Å². The first-order valence-corrected chi connectivity index (χ1v) is 6.60. The molecule has 0 amide bonds. The average molecular weight is 256 g/mol. The summed E-state index contributed by atoms with van der Waals surface area (Å²) in [6.45, 7) is 6.03. The molecule has 1 heterocycles. The number of nitrogens with zero attached hydrogens (tertiary/aromatic N) is 1. The summed E-state index contributed by atoms with van der Waals surface area (Å²) in [5.74, 6) is 1.63. The van der Waals surface area contributed by atoms with Gasteiger partial charge < -0.3 is 10.5 Å². The first-order chi connectivity index (χ1) is 9.10. The van der Waals surface area contributed by atoms with Crippen LogP contribution in [0.1, 0.15) is 36.8 Å². The quantitative estimate of drug-likeness (QED) is 0.906. The largest absolute Gasteiger partial charge is 0.455 e. The highest BCUT2D eigenvalue weighted by atomic mass is 16.5. The van der Waals surface area contributed by atoms with E-state index in [2.05, 4.69) is 11.9 Å². The summed E-state index contributed by atoms with van der Waals surface area (Å²) >= 11 is 0. The molecule has 1 atom stereocenters. The Morgan fingerprint density at radius 3 is 2.42 bits per heavy atom. The topological polar surface area (TPSA) is 48.1 Å². The van der Waals surface area contributed by atoms with Gasteiger partial charge in [0, 0.05) is 11.7 Å². The van der Waals surface area contributed by atoms with E-state index in [1.54, 1.807) is 0 Å². The maximum absolute atomic E-state index is 5.89. The molecule has 0 aliphatic carbocycles. The van der Waals surface area contributed by atoms with Crippen LogP contribution in [0.25, 0.3) is 0 Å². The molecule has 0 radical (unpaired) electrons. The maximum atomic E-state index is 5.89. The fourth-order valence-electron chi connectivity index (χ4n) is 1.91. The van der Waals surface area contributed by atoms with Gasteiger partial charge in [0.05, 0.1) is 5.69 Å². The van der Waals surface area contributed by atoms with Crippen LogP contribution in [0.5, 0.6) is 11.5 Å². The van der Waals surface area contributed by atoms with Gasteiger partial charge in [-0.3, -0.25) is 4.98 Å². The lowest BCUT2D eigenvalue weighted by molar-refractivity contribution is 0.472. The van der Waals surface area contributed by atoms with Crippen LogP contribution in [-0.2, 0) is 6.42 Å². The van der Waals surface area contributed by atoms with Crippen molar-refractivity contribution in [2.45, 2.75) is 33.2 Å². The molecular formula is C16H20N2O. The van der Waals surface area contributed by atoms with Gasteiger partial charge in [-0.05, 0) is 50.1 Å². The zero-order chi connectivity index (χ0) is 13.8. The number of pyridine rings is 1. The summed E-state index contributed by atoms with van der Waals surface area (Å²) in [6, 6.07) is 11.9. The first-order valence-electron chi connectivity index (χ1n) is 6.60. The molecule has 19 heavy (non-hydrogen) atoms. The second-order valence-electron chi connectivity index (χ2n) is 4.71. The lowest BCUT2D eigenvalue weighted by Gasteiger charge is -2.11. The van der Waals surface area contributed by atoms with Gasteiger partial charge >= 0.3 is 0 Å². The fourth-order valence-corrected chi connectivity index (χ4v) is 1.91. The van der Waals surface area contributed by atoms with Gasteiger partial charge in [0.1, 0.15) is 11.5 Å². The fraction of sp³-hybridized carbons (Fsp3) is 0.312. The van der Waals surface area contributed by atoms with E-state index in [4.69, 9.17) is 10.5 Å². The van der Waals surface area contributed by atoms with Crippen molar-refractivity contribution >= 4 is 0 Å². The van der Waals surface area contributed by atoms with Gasteiger partial charge in [0.25, 0.3) is 0 Å². The van der Waals surface area contributed by atoms with Crippen LogP contribution in [0.15, 0.2) is 36.4 Å². The molecule has 3 heteroatoms. The second-order valence-corrected chi connectivity index (χ2v) is 4.71. The van der Waals surface area contributed by atoms with Crippen molar-refractivity contribution in [3.8, 4) is 11.5 Å². The Bertz CT molecular complexity index is 547. The van der Waals surface area contributed by atoms with Crippen molar-refractivity contribution < 1.29 is 4.74 Å². The summed E-state index contributed by atoms with van der Waals surface area (Å²) in [7, 11) is 0. The number of hydrogen-bond acceptors (Lipinski definition) is 3. The van der Waals surface area contributed by atoms with E-state index in [0.29, 0.717) is 0 Å². The number of ether oxygens (including phenoxy) is 1. The van der Waals surface area contributed by atoms with E-state index < -0.39 is 0 Å². The first kappa shape index (κ1) is 13.6. The molecule has 0 spiro atoms. The van der Waals surface area contributed by atoms with Gasteiger partial charge in [-0.15, -0.1) is 0 Å². The minimum Gasteiger partial charge on any atom is -0.455 e. The van der Waals surface area contributed by atoms with Gasteiger partial charge in [-0.1, -0.05) is 19.1 Å². The van der Waals surface area contributed by atoms with E-state index in [0.717, 1.165) is 34.9 Å². The van der Waals surface area contributed by atoms with Crippen LogP contribution in [0.4, 0.5) is 0 Å². The Morgan fingerprint density at radius 2 is 1.84 bits per heavy atom. The highest BCUT2D eigenvalue weighted by Gasteiger charge is 2.06. The van der Waals surface area contributed by atoms with Crippen molar-refractivity contribution in [2.75, 3.05) is 0 Å². The SMILES string of the molecule is CCc1nc(C)ccc1Oc1ccc(C(C)N)cc1. The minimum absolute atomic E-state index is 0.0429. The molecule has 0 saturated carbocycles. The van der Waals surface area contributed by atoms with Crippen LogP contribution in [0.2, 0.25) is 0 Å². The highest BCUT2D eigenvalue weighted by molar-refractivity contribution is 5.36. The van der Waals surface area contributed by atoms with Crippen molar-refractivity contribution in [3.63, 3.8) is 0 Å². The smallest absolute Gasteiger partial charge is 0.148 e. The van der Waals surface area contributed by atoms with Gasteiger partial charge in [0.2, 0.25) is 0 Å². The zero-order valence-electron chi connectivity index (χ0n) is 11.7. The zero-order valence-corrected chi connectivity index (χ0v) is 11.7. The summed E-state index contributed by atoms with van der Waals surface area (Å²) in [6.07, 6.45) is 0.856. The monoisotopic (exact) mass is 256 g/mol. The van der Waals surface area contributed by atoms with Crippen LogP contribution >= 0.6 is 0 Å². The Balaban J connectivity index is 2.21. The van der Waals surface area contributed by atoms with E-state index >= 15 is 0 Å². The molecule has 100 valence electrons. The third kappa shape index (κ3) is 3.32. The standard InChI is InChI=1S/C16H20N2O/c1-4-15-16(10-5-11(2)18-15)19-14-8-6-13(7-9-14)12(3)17/h5-10,12H,4,17H2,1-3H3. The summed E-state index contributed by atoms with van der Waals surface area (Å²) < 4.78 is 5.89. The van der Waals surface area contributed by atoms with Crippen molar-refractivity contribution in [1.29, 1.82) is 0 Å². The molecule has 2 N–H and O–H groups in total. The third-order valence-corrected chi connectivity index (χ3v) is 3.04. The molecule has 1 aromatic carbocycles. The molecule has 0 saturated heterocycles. The Labute approximate surface area is 114 Å². The Morgan fingerprint density at radius 1 is 1.16 bits per heavy atom. The van der Waals surface area contributed by atoms with Gasteiger partial charge in [-0.2, -0.15) is 0 Å². The number of aromatic nitrogens is 1. The predicted octanol–water partition coefficient (Wildman–Crippen LogP) is 3.76. The summed E-state index contributed by atoms with van der Waals surface area (Å²) in [4.78, 5) is 4.49. The number of benzene rings is 1. The van der Waals surface area contributed by atoms with E-state index in [9.17, 15) is 0 Å². The van der Waals surface area contributed by atoms with Gasteiger partial charge in [-0.25, -0.2) is 0 Å². The van der Waals surface area contributed by atoms with E-state index in [1.807, 2.05) is 50.2 Å². The molecule has 2 aromatic rings. The summed E-state index contributed by atoms with van der Waals surface area (Å²) in [5, 5.41) is 0. The van der Waals surface area contributed by atoms with Crippen molar-refractivity contribution in [2.24, 2.45) is 5.73 Å². The molecule has 0 bridgehead atoms. The summed E-state index contributed by atoms with van der Waals surface area (Å²) in [5.41, 5.74) is 8.92.